The Bertz CT molecular complexity index is 1090. The van der Waals surface area contributed by atoms with Gasteiger partial charge in [-0.05, 0) is 35.9 Å². The zero-order chi connectivity index (χ0) is 21.7. The van der Waals surface area contributed by atoms with Crippen LogP contribution in [-0.4, -0.2) is 51.0 Å². The zero-order valence-corrected chi connectivity index (χ0v) is 17.9. The van der Waals surface area contributed by atoms with Gasteiger partial charge in [-0.2, -0.15) is 0 Å². The van der Waals surface area contributed by atoms with E-state index in [4.69, 9.17) is 0 Å². The number of anilines is 1. The van der Waals surface area contributed by atoms with Crippen molar-refractivity contribution in [2.45, 2.75) is 10.9 Å². The molecule has 0 saturated carbocycles. The summed E-state index contributed by atoms with van der Waals surface area (Å²) >= 11 is 0. The number of hydrogen-bond acceptors (Lipinski definition) is 5. The zero-order valence-electron chi connectivity index (χ0n) is 17.1. The Balaban J connectivity index is 1.48. The third-order valence-electron chi connectivity index (χ3n) is 5.54. The van der Waals surface area contributed by atoms with Crippen LogP contribution in [0, 0.1) is 5.82 Å². The summed E-state index contributed by atoms with van der Waals surface area (Å²) in [5, 5.41) is 0. The van der Waals surface area contributed by atoms with Crippen molar-refractivity contribution in [3.63, 3.8) is 0 Å². The van der Waals surface area contributed by atoms with E-state index in [9.17, 15) is 12.8 Å². The summed E-state index contributed by atoms with van der Waals surface area (Å²) < 4.78 is 42.4. The Kier molecular flexibility index (Phi) is 6.60. The first-order valence-corrected chi connectivity index (χ1v) is 11.7. The van der Waals surface area contributed by atoms with E-state index in [0.717, 1.165) is 5.56 Å². The molecule has 162 valence electrons. The summed E-state index contributed by atoms with van der Waals surface area (Å²) in [6.45, 7) is 2.90. The molecule has 2 aromatic carbocycles. The number of aromatic nitrogens is 1. The van der Waals surface area contributed by atoms with Gasteiger partial charge in [-0.1, -0.05) is 36.4 Å². The van der Waals surface area contributed by atoms with E-state index >= 15 is 0 Å². The molecule has 0 aliphatic carbocycles. The number of sulfonamides is 1. The van der Waals surface area contributed by atoms with Crippen LogP contribution in [0.3, 0.4) is 0 Å². The maximum Gasteiger partial charge on any atom is 0.240 e. The molecular formula is C23H25FN4O2S. The number of para-hydroxylation sites is 1. The highest BCUT2D eigenvalue weighted by atomic mass is 32.2. The van der Waals surface area contributed by atoms with Gasteiger partial charge in [0, 0.05) is 45.1 Å². The van der Waals surface area contributed by atoms with Crippen molar-refractivity contribution in [2.24, 2.45) is 0 Å². The lowest BCUT2D eigenvalue weighted by Crippen LogP contribution is -2.50. The van der Waals surface area contributed by atoms with Gasteiger partial charge in [0.05, 0.1) is 16.6 Å². The molecule has 0 spiro atoms. The molecule has 1 aliphatic heterocycles. The summed E-state index contributed by atoms with van der Waals surface area (Å²) in [6, 6.07) is 18.8. The second-order valence-corrected chi connectivity index (χ2v) is 9.21. The van der Waals surface area contributed by atoms with Crippen LogP contribution in [0.5, 0.6) is 0 Å². The second kappa shape index (κ2) is 9.55. The van der Waals surface area contributed by atoms with Gasteiger partial charge in [-0.25, -0.2) is 17.5 Å². The molecule has 1 aliphatic rings. The van der Waals surface area contributed by atoms with Crippen molar-refractivity contribution < 1.29 is 12.8 Å². The number of piperazine rings is 1. The lowest BCUT2D eigenvalue weighted by atomic mass is 10.1. The number of nitrogens with zero attached hydrogens (tertiary/aromatic N) is 3. The van der Waals surface area contributed by atoms with E-state index < -0.39 is 10.0 Å². The van der Waals surface area contributed by atoms with E-state index in [0.29, 0.717) is 31.9 Å². The molecule has 4 rings (SSSR count). The fourth-order valence-electron chi connectivity index (χ4n) is 3.89. The highest BCUT2D eigenvalue weighted by Gasteiger charge is 2.27. The van der Waals surface area contributed by atoms with Gasteiger partial charge in [0.25, 0.3) is 0 Å². The van der Waals surface area contributed by atoms with Gasteiger partial charge in [0.2, 0.25) is 10.0 Å². The molecule has 0 amide bonds. The van der Waals surface area contributed by atoms with Crippen molar-refractivity contribution in [3.05, 3.63) is 90.5 Å². The van der Waals surface area contributed by atoms with Gasteiger partial charge in [-0.3, -0.25) is 9.88 Å². The maximum atomic E-state index is 14.2. The van der Waals surface area contributed by atoms with Crippen LogP contribution in [0.25, 0.3) is 0 Å². The number of pyridine rings is 1. The van der Waals surface area contributed by atoms with Gasteiger partial charge in [0.1, 0.15) is 5.82 Å². The van der Waals surface area contributed by atoms with Gasteiger partial charge >= 0.3 is 0 Å². The molecule has 6 nitrogen and oxygen atoms in total. The predicted octanol–water partition coefficient (Wildman–Crippen LogP) is 3.06. The predicted molar refractivity (Wildman–Crippen MR) is 119 cm³/mol. The second-order valence-electron chi connectivity index (χ2n) is 7.44. The largest absolute Gasteiger partial charge is 0.367 e. The third-order valence-corrected chi connectivity index (χ3v) is 6.98. The van der Waals surface area contributed by atoms with E-state index in [2.05, 4.69) is 14.6 Å². The number of hydrogen-bond donors (Lipinski definition) is 1. The lowest BCUT2D eigenvalue weighted by molar-refractivity contribution is 0.186. The molecule has 3 aromatic rings. The first-order chi connectivity index (χ1) is 15.0. The molecule has 1 N–H and O–H groups in total. The van der Waals surface area contributed by atoms with Crippen molar-refractivity contribution in [1.82, 2.24) is 14.6 Å². The molecule has 0 bridgehead atoms. The Hall–Kier alpha value is -2.81. The molecule has 1 atom stereocenters. The summed E-state index contributed by atoms with van der Waals surface area (Å²) in [5.41, 5.74) is 1.54. The first kappa shape index (κ1) is 21.4. The summed E-state index contributed by atoms with van der Waals surface area (Å²) in [7, 11) is -3.62. The Morgan fingerprint density at radius 2 is 1.65 bits per heavy atom. The number of benzene rings is 2. The van der Waals surface area contributed by atoms with Crippen LogP contribution in [0.1, 0.15) is 11.6 Å². The van der Waals surface area contributed by atoms with Crippen LogP contribution in [0.15, 0.2) is 84.0 Å². The van der Waals surface area contributed by atoms with E-state index in [1.807, 2.05) is 23.1 Å². The standard InChI is InChI=1S/C23H25FN4O2S/c24-21-10-4-5-11-22(21)27-13-15-28(16-14-27)23(19-7-6-12-25-17-19)18-26-31(29,30)20-8-2-1-3-9-20/h1-12,17,23,26H,13-16,18H2/t23-/m0/s1. The Labute approximate surface area is 182 Å². The summed E-state index contributed by atoms with van der Waals surface area (Å²) in [5.74, 6) is -0.226. The molecule has 8 heteroatoms. The highest BCUT2D eigenvalue weighted by Crippen LogP contribution is 2.25. The van der Waals surface area contributed by atoms with Gasteiger partial charge < -0.3 is 4.90 Å². The van der Waals surface area contributed by atoms with Crippen molar-refractivity contribution in [2.75, 3.05) is 37.6 Å². The SMILES string of the molecule is O=S(=O)(NC[C@@H](c1cccnc1)N1CCN(c2ccccc2F)CC1)c1ccccc1. The third kappa shape index (κ3) is 5.10. The van der Waals surface area contributed by atoms with E-state index in [1.165, 1.54) is 6.07 Å². The molecule has 2 heterocycles. The Morgan fingerprint density at radius 3 is 2.32 bits per heavy atom. The fourth-order valence-corrected chi connectivity index (χ4v) is 4.94. The van der Waals surface area contributed by atoms with Crippen molar-refractivity contribution >= 4 is 15.7 Å². The van der Waals surface area contributed by atoms with Crippen LogP contribution in [-0.2, 0) is 10.0 Å². The minimum atomic E-state index is -3.62. The minimum absolute atomic E-state index is 0.171. The highest BCUT2D eigenvalue weighted by molar-refractivity contribution is 7.89. The number of rotatable bonds is 7. The fraction of sp³-hybridized carbons (Fsp3) is 0.261. The van der Waals surface area contributed by atoms with E-state index in [-0.39, 0.29) is 23.3 Å². The minimum Gasteiger partial charge on any atom is -0.367 e. The Morgan fingerprint density at radius 1 is 0.935 bits per heavy atom. The molecule has 1 fully saturated rings. The monoisotopic (exact) mass is 440 g/mol. The van der Waals surface area contributed by atoms with Crippen LogP contribution >= 0.6 is 0 Å². The van der Waals surface area contributed by atoms with Crippen molar-refractivity contribution in [1.29, 1.82) is 0 Å². The van der Waals surface area contributed by atoms with Crippen LogP contribution < -0.4 is 9.62 Å². The van der Waals surface area contributed by atoms with Gasteiger partial charge in [-0.15, -0.1) is 0 Å². The summed E-state index contributed by atoms with van der Waals surface area (Å²) in [4.78, 5) is 8.71. The molecule has 1 saturated heterocycles. The average Bonchev–Trinajstić information content (AvgIpc) is 2.81. The van der Waals surface area contributed by atoms with E-state index in [1.54, 1.807) is 54.9 Å². The summed E-state index contributed by atoms with van der Waals surface area (Å²) in [6.07, 6.45) is 3.47. The van der Waals surface area contributed by atoms with Crippen LogP contribution in [0.2, 0.25) is 0 Å². The molecule has 0 radical (unpaired) electrons. The average molecular weight is 441 g/mol. The molecule has 1 aromatic heterocycles. The smallest absolute Gasteiger partial charge is 0.240 e. The molecule has 31 heavy (non-hydrogen) atoms. The topological polar surface area (TPSA) is 65.5 Å². The molecular weight excluding hydrogens is 415 g/mol. The number of nitrogens with one attached hydrogen (secondary N) is 1. The maximum absolute atomic E-state index is 14.2. The first-order valence-electron chi connectivity index (χ1n) is 10.2. The van der Waals surface area contributed by atoms with Gasteiger partial charge in [0.15, 0.2) is 0 Å². The number of halogens is 1. The normalized spacial score (nSPS) is 16.2. The van der Waals surface area contributed by atoms with Crippen LogP contribution in [0.4, 0.5) is 10.1 Å². The van der Waals surface area contributed by atoms with Crippen molar-refractivity contribution in [3.8, 4) is 0 Å². The molecule has 0 unspecified atom stereocenters. The lowest BCUT2D eigenvalue weighted by Gasteiger charge is -2.40. The quantitative estimate of drug-likeness (QED) is 0.612.